The van der Waals surface area contributed by atoms with Crippen LogP contribution in [-0.4, -0.2) is 56.3 Å². The number of carbonyl (C=O) groups is 2. The number of nitrogens with one attached hydrogen (secondary N) is 1. The summed E-state index contributed by atoms with van der Waals surface area (Å²) in [7, 11) is -1.00. The number of likely N-dealkylation sites (tertiary alicyclic amines) is 1. The van der Waals surface area contributed by atoms with Crippen molar-refractivity contribution in [3.05, 3.63) is 0 Å². The number of carbonyl (C=O) groups excluding carboxylic acids is 1. The van der Waals surface area contributed by atoms with Crippen LogP contribution in [0.3, 0.4) is 0 Å². The molecule has 2 aliphatic rings. The van der Waals surface area contributed by atoms with E-state index < -0.39 is 22.2 Å². The predicted octanol–water partition coefficient (Wildman–Crippen LogP) is 1.43. The van der Waals surface area contributed by atoms with E-state index in [1.54, 1.807) is 4.90 Å². The van der Waals surface area contributed by atoms with Crippen LogP contribution in [-0.2, 0) is 15.6 Å². The first-order valence-electron chi connectivity index (χ1n) is 7.81. The lowest BCUT2D eigenvalue weighted by Gasteiger charge is -2.23. The molecular weight excluding hydrogens is 304 g/mol. The molecule has 2 N–H and O–H groups in total. The van der Waals surface area contributed by atoms with Gasteiger partial charge in [0.05, 0.1) is 5.41 Å². The third kappa shape index (κ3) is 3.29. The second kappa shape index (κ2) is 6.18. The molecule has 0 aromatic heterocycles. The molecule has 1 aliphatic carbocycles. The summed E-state index contributed by atoms with van der Waals surface area (Å²) in [5.74, 6) is -0.296. The highest BCUT2D eigenvalue weighted by atomic mass is 32.2. The van der Waals surface area contributed by atoms with Gasteiger partial charge >= 0.3 is 12.0 Å². The van der Waals surface area contributed by atoms with E-state index in [-0.39, 0.29) is 16.7 Å². The molecule has 1 aliphatic heterocycles. The average Bonchev–Trinajstić information content (AvgIpc) is 2.94. The van der Waals surface area contributed by atoms with Crippen LogP contribution in [0.1, 0.15) is 40.0 Å². The first-order valence-corrected chi connectivity index (χ1v) is 9.13. The minimum atomic E-state index is -1.00. The van der Waals surface area contributed by atoms with Gasteiger partial charge in [-0.25, -0.2) is 4.79 Å². The Balaban J connectivity index is 1.85. The second-order valence-corrected chi connectivity index (χ2v) is 9.65. The summed E-state index contributed by atoms with van der Waals surface area (Å²) in [6, 6.07) is -0.235. The Morgan fingerprint density at radius 3 is 2.64 bits per heavy atom. The van der Waals surface area contributed by atoms with Crippen LogP contribution >= 0.6 is 0 Å². The molecule has 2 amide bonds. The summed E-state index contributed by atoms with van der Waals surface area (Å²) < 4.78 is 11.6. The molecule has 0 bridgehead atoms. The first-order chi connectivity index (χ1) is 10.2. The number of rotatable bonds is 4. The molecule has 1 heterocycles. The van der Waals surface area contributed by atoms with E-state index in [1.807, 2.05) is 20.8 Å². The van der Waals surface area contributed by atoms with Crippen LogP contribution < -0.4 is 5.32 Å². The minimum absolute atomic E-state index is 0.0689. The van der Waals surface area contributed by atoms with Gasteiger partial charge in [0, 0.05) is 40.9 Å². The Labute approximate surface area is 134 Å². The molecule has 1 saturated heterocycles. The van der Waals surface area contributed by atoms with Gasteiger partial charge in [0.15, 0.2) is 0 Å². The standard InChI is InChI=1S/C15H26N2O4S/c1-14(2,3)22(21)8-7-16-13(20)17-9-11-5-4-6-15(11,10-17)12(18)19/h11H,4-10H2,1-3H3,(H,16,20)(H,18,19)/t11-,15+,22?/m0/s1. The van der Waals surface area contributed by atoms with Crippen LogP contribution in [0.25, 0.3) is 0 Å². The average molecular weight is 330 g/mol. The number of carboxylic acids is 1. The van der Waals surface area contributed by atoms with Gasteiger partial charge in [-0.1, -0.05) is 6.42 Å². The lowest BCUT2D eigenvalue weighted by atomic mass is 9.81. The van der Waals surface area contributed by atoms with Crippen molar-refractivity contribution in [1.82, 2.24) is 10.2 Å². The van der Waals surface area contributed by atoms with E-state index >= 15 is 0 Å². The smallest absolute Gasteiger partial charge is 0.317 e. The Morgan fingerprint density at radius 1 is 1.41 bits per heavy atom. The van der Waals surface area contributed by atoms with Crippen molar-refractivity contribution in [3.8, 4) is 0 Å². The van der Waals surface area contributed by atoms with Crippen LogP contribution in [0, 0.1) is 11.3 Å². The fourth-order valence-electron chi connectivity index (χ4n) is 3.46. The Kier molecular flexibility index (Phi) is 4.84. The van der Waals surface area contributed by atoms with Crippen molar-refractivity contribution in [3.63, 3.8) is 0 Å². The molecule has 7 heteroatoms. The number of amides is 2. The highest BCUT2D eigenvalue weighted by Gasteiger charge is 2.55. The predicted molar refractivity (Wildman–Crippen MR) is 85.1 cm³/mol. The van der Waals surface area contributed by atoms with E-state index in [0.29, 0.717) is 31.8 Å². The molecular formula is C15H26N2O4S. The van der Waals surface area contributed by atoms with Crippen molar-refractivity contribution in [2.75, 3.05) is 25.4 Å². The number of fused-ring (bicyclic) bond motifs is 1. The van der Waals surface area contributed by atoms with Gasteiger partial charge in [0.2, 0.25) is 0 Å². The fourth-order valence-corrected chi connectivity index (χ4v) is 4.36. The number of hydrogen-bond acceptors (Lipinski definition) is 3. The van der Waals surface area contributed by atoms with Gasteiger partial charge in [-0.3, -0.25) is 9.00 Å². The van der Waals surface area contributed by atoms with Crippen LogP contribution in [0.5, 0.6) is 0 Å². The monoisotopic (exact) mass is 330 g/mol. The summed E-state index contributed by atoms with van der Waals surface area (Å²) in [5.41, 5.74) is -0.744. The molecule has 6 nitrogen and oxygen atoms in total. The van der Waals surface area contributed by atoms with Crippen molar-refractivity contribution < 1.29 is 18.9 Å². The van der Waals surface area contributed by atoms with Gasteiger partial charge in [-0.05, 0) is 39.5 Å². The molecule has 0 radical (unpaired) electrons. The molecule has 126 valence electrons. The maximum atomic E-state index is 12.2. The van der Waals surface area contributed by atoms with Gasteiger partial charge in [-0.15, -0.1) is 0 Å². The number of aliphatic carboxylic acids is 1. The van der Waals surface area contributed by atoms with Crippen molar-refractivity contribution in [2.45, 2.75) is 44.8 Å². The fraction of sp³-hybridized carbons (Fsp3) is 0.867. The normalized spacial score (nSPS) is 29.2. The second-order valence-electron chi connectivity index (χ2n) is 7.32. The SMILES string of the molecule is CC(C)(C)S(=O)CCNC(=O)N1C[C@@H]2CCC[C@@]2(C(=O)O)C1. The van der Waals surface area contributed by atoms with Crippen molar-refractivity contribution in [2.24, 2.45) is 11.3 Å². The molecule has 22 heavy (non-hydrogen) atoms. The van der Waals surface area contributed by atoms with E-state index in [2.05, 4.69) is 5.32 Å². The number of carboxylic acid groups (broad SMARTS) is 1. The molecule has 3 atom stereocenters. The molecule has 2 fully saturated rings. The number of hydrogen-bond donors (Lipinski definition) is 2. The number of nitrogens with zero attached hydrogens (tertiary/aromatic N) is 1. The maximum Gasteiger partial charge on any atom is 0.317 e. The largest absolute Gasteiger partial charge is 0.481 e. The summed E-state index contributed by atoms with van der Waals surface area (Å²) in [4.78, 5) is 25.4. The molecule has 1 unspecified atom stereocenters. The molecule has 2 rings (SSSR count). The van der Waals surface area contributed by atoms with Crippen molar-refractivity contribution >= 4 is 22.8 Å². The van der Waals surface area contributed by atoms with Crippen LogP contribution in [0.15, 0.2) is 0 Å². The van der Waals surface area contributed by atoms with E-state index in [0.717, 1.165) is 12.8 Å². The third-order valence-corrected chi connectivity index (χ3v) is 6.77. The number of urea groups is 1. The zero-order valence-electron chi connectivity index (χ0n) is 13.6. The lowest BCUT2D eigenvalue weighted by molar-refractivity contribution is -0.149. The Bertz CT molecular complexity index is 488. The van der Waals surface area contributed by atoms with Gasteiger partial charge in [0.25, 0.3) is 0 Å². The van der Waals surface area contributed by atoms with Crippen LogP contribution in [0.2, 0.25) is 0 Å². The third-order valence-electron chi connectivity index (χ3n) is 4.83. The van der Waals surface area contributed by atoms with Gasteiger partial charge in [-0.2, -0.15) is 0 Å². The molecule has 1 saturated carbocycles. The van der Waals surface area contributed by atoms with E-state index in [4.69, 9.17) is 0 Å². The highest BCUT2D eigenvalue weighted by Crippen LogP contribution is 2.48. The van der Waals surface area contributed by atoms with Crippen LogP contribution in [0.4, 0.5) is 4.79 Å². The summed E-state index contributed by atoms with van der Waals surface area (Å²) in [6.07, 6.45) is 2.46. The van der Waals surface area contributed by atoms with Gasteiger partial charge in [0.1, 0.15) is 0 Å². The summed E-state index contributed by atoms with van der Waals surface area (Å²) >= 11 is 0. The van der Waals surface area contributed by atoms with E-state index in [9.17, 15) is 18.9 Å². The topological polar surface area (TPSA) is 86.7 Å². The Morgan fingerprint density at radius 2 is 2.09 bits per heavy atom. The minimum Gasteiger partial charge on any atom is -0.481 e. The lowest BCUT2D eigenvalue weighted by Crippen LogP contribution is -2.43. The zero-order chi connectivity index (χ0) is 16.5. The van der Waals surface area contributed by atoms with Crippen molar-refractivity contribution in [1.29, 1.82) is 0 Å². The zero-order valence-corrected chi connectivity index (χ0v) is 14.4. The highest BCUT2D eigenvalue weighted by molar-refractivity contribution is 7.86. The molecule has 0 spiro atoms. The van der Waals surface area contributed by atoms with Gasteiger partial charge < -0.3 is 15.3 Å². The summed E-state index contributed by atoms with van der Waals surface area (Å²) in [5, 5.41) is 12.3. The Hall–Kier alpha value is -1.11. The first kappa shape index (κ1) is 17.2. The quantitative estimate of drug-likeness (QED) is 0.816. The summed E-state index contributed by atoms with van der Waals surface area (Å²) in [6.45, 7) is 6.88. The molecule has 0 aromatic carbocycles. The van der Waals surface area contributed by atoms with E-state index in [1.165, 1.54) is 0 Å². The maximum absolute atomic E-state index is 12.2. The molecule has 0 aromatic rings.